The van der Waals surface area contributed by atoms with Gasteiger partial charge in [0, 0.05) is 25.6 Å². The van der Waals surface area contributed by atoms with Gasteiger partial charge in [-0.2, -0.15) is 0 Å². The third-order valence-corrected chi connectivity index (χ3v) is 5.31. The lowest BCUT2D eigenvalue weighted by Crippen LogP contribution is -2.22. The van der Waals surface area contributed by atoms with Crippen LogP contribution in [0, 0.1) is 11.8 Å². The Morgan fingerprint density at radius 1 is 0.889 bits per heavy atom. The van der Waals surface area contributed by atoms with Crippen molar-refractivity contribution < 1.29 is 20.1 Å². The van der Waals surface area contributed by atoms with Crippen LogP contribution in [0.1, 0.15) is 64.2 Å². The quantitative estimate of drug-likeness (QED) is 0.278. The smallest absolute Gasteiger partial charge is 0.0670 e. The summed E-state index contributed by atoms with van der Waals surface area (Å²) < 4.78 is 5.93. The first kappa shape index (κ1) is 24.1. The molecule has 0 radical (unpaired) electrons. The highest BCUT2D eigenvalue weighted by atomic mass is 16.5. The van der Waals surface area contributed by atoms with Crippen LogP contribution in [-0.2, 0) is 4.74 Å². The first-order chi connectivity index (χ1) is 13.2. The lowest BCUT2D eigenvalue weighted by Gasteiger charge is -2.21. The van der Waals surface area contributed by atoms with Gasteiger partial charge in [0.2, 0.25) is 0 Å². The van der Waals surface area contributed by atoms with E-state index in [0.717, 1.165) is 57.8 Å². The molecule has 1 fully saturated rings. The minimum absolute atomic E-state index is 0.0522. The molecule has 0 amide bonds. The van der Waals surface area contributed by atoms with E-state index in [1.807, 2.05) is 0 Å². The summed E-state index contributed by atoms with van der Waals surface area (Å²) in [5.41, 5.74) is 0. The molecule has 1 rings (SSSR count). The second-order valence-electron chi connectivity index (χ2n) is 7.49. The van der Waals surface area contributed by atoms with Gasteiger partial charge in [-0.25, -0.2) is 0 Å². The fourth-order valence-corrected chi connectivity index (χ4v) is 3.78. The molecule has 0 saturated heterocycles. The van der Waals surface area contributed by atoms with Gasteiger partial charge in [0.1, 0.15) is 0 Å². The first-order valence-corrected chi connectivity index (χ1v) is 10.7. The van der Waals surface area contributed by atoms with Gasteiger partial charge in [-0.3, -0.25) is 0 Å². The third kappa shape index (κ3) is 10.2. The third-order valence-electron chi connectivity index (χ3n) is 5.31. The Hall–Kier alpha value is -0.940. The van der Waals surface area contributed by atoms with Crippen LogP contribution in [0.5, 0.6) is 0 Å². The Kier molecular flexibility index (Phi) is 14.3. The Balaban J connectivity index is 2.52. The summed E-state index contributed by atoms with van der Waals surface area (Å²) in [6, 6.07) is 0. The largest absolute Gasteiger partial charge is 0.396 e. The number of rotatable bonds is 16. The van der Waals surface area contributed by atoms with Crippen molar-refractivity contribution >= 4 is 0 Å². The fraction of sp³-hybridized carbons (Fsp3) is 0.739. The highest BCUT2D eigenvalue weighted by molar-refractivity contribution is 5.05. The minimum Gasteiger partial charge on any atom is -0.396 e. The summed E-state index contributed by atoms with van der Waals surface area (Å²) in [6.45, 7) is 4.79. The molecule has 0 heterocycles. The van der Waals surface area contributed by atoms with Crippen molar-refractivity contribution in [1.29, 1.82) is 0 Å². The molecule has 156 valence electrons. The summed E-state index contributed by atoms with van der Waals surface area (Å²) in [5.74, 6) is 0.430. The van der Waals surface area contributed by atoms with Crippen LogP contribution in [0.2, 0.25) is 0 Å². The van der Waals surface area contributed by atoms with Gasteiger partial charge < -0.3 is 20.1 Å². The summed E-state index contributed by atoms with van der Waals surface area (Å²) in [7, 11) is 0. The van der Waals surface area contributed by atoms with Gasteiger partial charge in [-0.05, 0) is 50.9 Å². The number of unbranched alkanes of at least 4 members (excludes halogenated alkanes) is 6. The summed E-state index contributed by atoms with van der Waals surface area (Å²) >= 11 is 0. The van der Waals surface area contributed by atoms with Crippen molar-refractivity contribution in [2.24, 2.45) is 11.8 Å². The molecule has 1 unspecified atom stereocenters. The molecule has 1 aliphatic carbocycles. The van der Waals surface area contributed by atoms with Gasteiger partial charge in [0.25, 0.3) is 0 Å². The standard InChI is InChI=1S/C23H40O4/c1-2-18-27-23-19-22(26)20(14-10-7-5-9-13-17-25)21(23)15-11-6-3-4-8-12-16-24/h2,7,10-11,15,20-26H,1,3-6,8-9,12-14,16-19H2/b10-7-,15-11+/t20?,21-,22+,23-/m0/s1. The van der Waals surface area contributed by atoms with Crippen LogP contribution in [0.15, 0.2) is 37.0 Å². The van der Waals surface area contributed by atoms with Crippen LogP contribution in [-0.4, -0.2) is 47.3 Å². The van der Waals surface area contributed by atoms with Crippen molar-refractivity contribution in [2.75, 3.05) is 19.8 Å². The summed E-state index contributed by atoms with van der Waals surface area (Å²) in [5, 5.41) is 28.2. The van der Waals surface area contributed by atoms with Crippen molar-refractivity contribution in [3.63, 3.8) is 0 Å². The van der Waals surface area contributed by atoms with Crippen LogP contribution in [0.25, 0.3) is 0 Å². The summed E-state index contributed by atoms with van der Waals surface area (Å²) in [6.07, 6.45) is 20.0. The Bertz CT molecular complexity index is 419. The molecule has 0 aliphatic heterocycles. The predicted octanol–water partition coefficient (Wildman–Crippen LogP) is 4.16. The van der Waals surface area contributed by atoms with Crippen molar-refractivity contribution in [3.8, 4) is 0 Å². The van der Waals surface area contributed by atoms with Crippen LogP contribution >= 0.6 is 0 Å². The normalized spacial score (nSPS) is 25.7. The van der Waals surface area contributed by atoms with E-state index in [1.165, 1.54) is 0 Å². The first-order valence-electron chi connectivity index (χ1n) is 10.7. The number of aliphatic hydroxyl groups is 3. The number of hydrogen-bond acceptors (Lipinski definition) is 4. The molecule has 0 aromatic heterocycles. The molecular weight excluding hydrogens is 340 g/mol. The van der Waals surface area contributed by atoms with Gasteiger partial charge >= 0.3 is 0 Å². The Labute approximate surface area is 165 Å². The van der Waals surface area contributed by atoms with E-state index in [9.17, 15) is 5.11 Å². The van der Waals surface area contributed by atoms with E-state index in [1.54, 1.807) is 6.08 Å². The van der Waals surface area contributed by atoms with Crippen LogP contribution in [0.4, 0.5) is 0 Å². The molecule has 1 aliphatic rings. The molecule has 4 atom stereocenters. The maximum Gasteiger partial charge on any atom is 0.0670 e. The second-order valence-corrected chi connectivity index (χ2v) is 7.49. The van der Waals surface area contributed by atoms with Crippen LogP contribution in [0.3, 0.4) is 0 Å². The lowest BCUT2D eigenvalue weighted by atomic mass is 9.89. The number of aliphatic hydroxyl groups excluding tert-OH is 3. The maximum absolute atomic E-state index is 10.5. The average molecular weight is 381 g/mol. The SMILES string of the molecule is C=CCO[C@H]1C[C@@H](O)C(C/C=C\CCCCO)[C@@H]1/C=C/CCCCCCO. The zero-order valence-corrected chi connectivity index (χ0v) is 16.8. The molecule has 0 spiro atoms. The molecule has 0 aromatic carbocycles. The van der Waals surface area contributed by atoms with Crippen molar-refractivity contribution in [3.05, 3.63) is 37.0 Å². The average Bonchev–Trinajstić information content (AvgIpc) is 2.97. The van der Waals surface area contributed by atoms with Crippen molar-refractivity contribution in [1.82, 2.24) is 0 Å². The molecule has 4 heteroatoms. The number of hydrogen-bond donors (Lipinski definition) is 3. The molecule has 3 N–H and O–H groups in total. The highest BCUT2D eigenvalue weighted by Crippen LogP contribution is 2.38. The van der Waals surface area contributed by atoms with E-state index < -0.39 is 0 Å². The molecule has 27 heavy (non-hydrogen) atoms. The maximum atomic E-state index is 10.5. The fourth-order valence-electron chi connectivity index (χ4n) is 3.78. The molecule has 0 bridgehead atoms. The van der Waals surface area contributed by atoms with Gasteiger partial charge in [-0.15, -0.1) is 6.58 Å². The van der Waals surface area contributed by atoms with E-state index in [2.05, 4.69) is 30.9 Å². The zero-order valence-electron chi connectivity index (χ0n) is 16.8. The van der Waals surface area contributed by atoms with Crippen molar-refractivity contribution in [2.45, 2.75) is 76.4 Å². The van der Waals surface area contributed by atoms with Crippen LogP contribution < -0.4 is 0 Å². The highest BCUT2D eigenvalue weighted by Gasteiger charge is 2.40. The van der Waals surface area contributed by atoms with Gasteiger partial charge in [0.05, 0.1) is 18.8 Å². The van der Waals surface area contributed by atoms with E-state index in [-0.39, 0.29) is 37.3 Å². The van der Waals surface area contributed by atoms with Gasteiger partial charge in [-0.1, -0.05) is 43.2 Å². The molecule has 1 saturated carbocycles. The van der Waals surface area contributed by atoms with E-state index >= 15 is 0 Å². The second kappa shape index (κ2) is 16.1. The zero-order chi connectivity index (χ0) is 19.7. The molecular formula is C23H40O4. The lowest BCUT2D eigenvalue weighted by molar-refractivity contribution is 0.0502. The minimum atomic E-state index is -0.332. The topological polar surface area (TPSA) is 69.9 Å². The monoisotopic (exact) mass is 380 g/mol. The summed E-state index contributed by atoms with van der Waals surface area (Å²) in [4.78, 5) is 0. The van der Waals surface area contributed by atoms with E-state index in [0.29, 0.717) is 13.0 Å². The number of allylic oxidation sites excluding steroid dienone is 3. The Morgan fingerprint density at radius 3 is 2.30 bits per heavy atom. The molecule has 4 nitrogen and oxygen atoms in total. The predicted molar refractivity (Wildman–Crippen MR) is 112 cm³/mol. The van der Waals surface area contributed by atoms with Gasteiger partial charge in [0.15, 0.2) is 0 Å². The number of ether oxygens (including phenoxy) is 1. The Morgan fingerprint density at radius 2 is 1.56 bits per heavy atom. The van der Waals surface area contributed by atoms with E-state index in [4.69, 9.17) is 14.9 Å². The molecule has 0 aromatic rings.